The van der Waals surface area contributed by atoms with Crippen molar-refractivity contribution in [1.82, 2.24) is 19.5 Å². The molecule has 2 aliphatic carbocycles. The van der Waals surface area contributed by atoms with Crippen molar-refractivity contribution in [2.75, 3.05) is 38.2 Å². The number of ether oxygens (including phenoxy) is 1. The van der Waals surface area contributed by atoms with Gasteiger partial charge in [-0.3, -0.25) is 10.1 Å². The van der Waals surface area contributed by atoms with Gasteiger partial charge < -0.3 is 14.5 Å². The summed E-state index contributed by atoms with van der Waals surface area (Å²) >= 11 is 0.901. The van der Waals surface area contributed by atoms with Crippen molar-refractivity contribution in [1.29, 1.82) is 0 Å². The number of hydrogen-bond donors (Lipinski definition) is 2. The first kappa shape index (κ1) is 26.3. The van der Waals surface area contributed by atoms with Crippen molar-refractivity contribution < 1.29 is 22.7 Å². The van der Waals surface area contributed by atoms with Gasteiger partial charge in [-0.15, -0.1) is 0 Å². The fourth-order valence-electron chi connectivity index (χ4n) is 5.26. The summed E-state index contributed by atoms with van der Waals surface area (Å²) in [6, 6.07) is 0.244. The molecule has 196 valence electrons. The molecule has 0 atom stereocenters. The van der Waals surface area contributed by atoms with E-state index in [4.69, 9.17) is 4.74 Å². The Morgan fingerprint density at radius 1 is 1.09 bits per heavy atom. The van der Waals surface area contributed by atoms with Gasteiger partial charge in [0.15, 0.2) is 9.34 Å². The van der Waals surface area contributed by atoms with E-state index in [1.807, 2.05) is 4.90 Å². The lowest BCUT2D eigenvalue weighted by atomic mass is 9.84. The van der Waals surface area contributed by atoms with E-state index < -0.39 is 10.0 Å². The first-order valence-electron chi connectivity index (χ1n) is 12.7. The summed E-state index contributed by atoms with van der Waals surface area (Å²) in [7, 11) is -3.91. The second-order valence-electron chi connectivity index (χ2n) is 9.85. The number of thiazole rings is 1. The summed E-state index contributed by atoms with van der Waals surface area (Å²) < 4.78 is 33.0. The molecule has 0 spiro atoms. The number of hydrogen-bond acceptors (Lipinski definition) is 7. The van der Waals surface area contributed by atoms with E-state index in [1.54, 1.807) is 4.90 Å². The van der Waals surface area contributed by atoms with E-state index in [1.165, 1.54) is 12.6 Å². The highest BCUT2D eigenvalue weighted by atomic mass is 32.2. The van der Waals surface area contributed by atoms with Crippen molar-refractivity contribution >= 4 is 38.4 Å². The van der Waals surface area contributed by atoms with Crippen molar-refractivity contribution in [2.24, 2.45) is 5.92 Å². The molecule has 0 radical (unpaired) electrons. The average molecular weight is 528 g/mol. The van der Waals surface area contributed by atoms with E-state index >= 15 is 0 Å². The lowest BCUT2D eigenvalue weighted by Crippen LogP contribution is -2.51. The zero-order chi connectivity index (χ0) is 24.8. The summed E-state index contributed by atoms with van der Waals surface area (Å²) in [4.78, 5) is 33.4. The Bertz CT molecular complexity index is 965. The highest BCUT2D eigenvalue weighted by Crippen LogP contribution is 2.33. The highest BCUT2D eigenvalue weighted by molar-refractivity contribution is 7.91. The van der Waals surface area contributed by atoms with Gasteiger partial charge in [-0.05, 0) is 44.4 Å². The van der Waals surface area contributed by atoms with Crippen LogP contribution in [0.15, 0.2) is 10.4 Å². The van der Waals surface area contributed by atoms with Crippen LogP contribution < -0.4 is 10.0 Å². The molecular formula is C23H37N5O5S2. The van der Waals surface area contributed by atoms with Gasteiger partial charge in [0.1, 0.15) is 0 Å². The zero-order valence-corrected chi connectivity index (χ0v) is 22.0. The number of anilines is 1. The number of aromatic nitrogens is 1. The summed E-state index contributed by atoms with van der Waals surface area (Å²) in [6.45, 7) is 3.75. The first-order valence-corrected chi connectivity index (χ1v) is 15.0. The minimum absolute atomic E-state index is 0.0294. The molecule has 4 rings (SSSR count). The normalized spacial score (nSPS) is 24.2. The Labute approximate surface area is 211 Å². The summed E-state index contributed by atoms with van der Waals surface area (Å²) in [5.41, 5.74) is 0. The summed E-state index contributed by atoms with van der Waals surface area (Å²) in [5.74, 6) is 0.400. The molecule has 3 fully saturated rings. The molecule has 0 aromatic carbocycles. The minimum atomic E-state index is -3.91. The van der Waals surface area contributed by atoms with Gasteiger partial charge in [-0.25, -0.2) is 22.9 Å². The fraction of sp³-hybridized carbons (Fsp3) is 0.783. The predicted molar refractivity (Wildman–Crippen MR) is 134 cm³/mol. The molecule has 0 bridgehead atoms. The van der Waals surface area contributed by atoms with Gasteiger partial charge in [0.25, 0.3) is 10.0 Å². The van der Waals surface area contributed by atoms with Gasteiger partial charge in [0, 0.05) is 25.2 Å². The topological polar surface area (TPSA) is 121 Å². The van der Waals surface area contributed by atoms with Crippen LogP contribution in [0.5, 0.6) is 0 Å². The van der Waals surface area contributed by atoms with Crippen LogP contribution in [0.4, 0.5) is 9.93 Å². The smallest absolute Gasteiger partial charge is 0.324 e. The Morgan fingerprint density at radius 2 is 1.74 bits per heavy atom. The third kappa shape index (κ3) is 6.93. The monoisotopic (exact) mass is 527 g/mol. The maximum Gasteiger partial charge on any atom is 0.324 e. The number of carbonyl (C=O) groups is 2. The van der Waals surface area contributed by atoms with Crippen LogP contribution in [0.25, 0.3) is 0 Å². The van der Waals surface area contributed by atoms with E-state index in [9.17, 15) is 18.0 Å². The average Bonchev–Trinajstić information content (AvgIpc) is 3.35. The van der Waals surface area contributed by atoms with Gasteiger partial charge >= 0.3 is 6.03 Å². The Kier molecular flexibility index (Phi) is 9.01. The fourth-order valence-corrected chi connectivity index (χ4v) is 7.30. The molecule has 12 heteroatoms. The minimum Gasteiger partial charge on any atom is -0.378 e. The van der Waals surface area contributed by atoms with Crippen molar-refractivity contribution in [3.05, 3.63) is 6.20 Å². The number of nitrogens with one attached hydrogen (secondary N) is 2. The second kappa shape index (κ2) is 12.0. The maximum atomic E-state index is 13.4. The van der Waals surface area contributed by atoms with Crippen LogP contribution in [0.3, 0.4) is 0 Å². The van der Waals surface area contributed by atoms with E-state index in [0.29, 0.717) is 32.2 Å². The lowest BCUT2D eigenvalue weighted by Gasteiger charge is -2.42. The Balaban J connectivity index is 1.38. The molecule has 1 saturated heterocycles. The molecule has 10 nitrogen and oxygen atoms in total. The van der Waals surface area contributed by atoms with Crippen molar-refractivity contribution in [2.45, 2.75) is 81.0 Å². The molecule has 3 aliphatic rings. The molecule has 1 aromatic rings. The largest absolute Gasteiger partial charge is 0.378 e. The van der Waals surface area contributed by atoms with Crippen molar-refractivity contribution in [3.63, 3.8) is 0 Å². The Hall–Kier alpha value is -1.76. The lowest BCUT2D eigenvalue weighted by molar-refractivity contribution is -0.133. The zero-order valence-electron chi connectivity index (χ0n) is 20.4. The molecule has 1 aliphatic heterocycles. The molecule has 0 unspecified atom stereocenters. The second-order valence-corrected chi connectivity index (χ2v) is 12.9. The Morgan fingerprint density at radius 3 is 2.43 bits per heavy atom. The quantitative estimate of drug-likeness (QED) is 0.562. The number of urea groups is 1. The number of amides is 3. The van der Waals surface area contributed by atoms with Crippen LogP contribution in [0.2, 0.25) is 0 Å². The molecule has 1 aromatic heterocycles. The van der Waals surface area contributed by atoms with E-state index in [-0.39, 0.29) is 39.9 Å². The number of nitrogens with zero attached hydrogens (tertiary/aromatic N) is 3. The molecule has 3 amide bonds. The molecule has 35 heavy (non-hydrogen) atoms. The predicted octanol–water partition coefficient (Wildman–Crippen LogP) is 3.03. The summed E-state index contributed by atoms with van der Waals surface area (Å²) in [6.07, 6.45) is 11.0. The van der Waals surface area contributed by atoms with Crippen LogP contribution in [0.1, 0.15) is 64.7 Å². The first-order chi connectivity index (χ1) is 16.8. The van der Waals surface area contributed by atoms with Crippen LogP contribution >= 0.6 is 11.3 Å². The summed E-state index contributed by atoms with van der Waals surface area (Å²) in [5, 5.41) is 3.12. The van der Waals surface area contributed by atoms with Crippen LogP contribution in [0, 0.1) is 5.92 Å². The molecule has 2 N–H and O–H groups in total. The van der Waals surface area contributed by atoms with E-state index in [0.717, 1.165) is 62.7 Å². The van der Waals surface area contributed by atoms with Gasteiger partial charge in [-0.2, -0.15) is 0 Å². The van der Waals surface area contributed by atoms with Crippen molar-refractivity contribution in [3.8, 4) is 0 Å². The molecule has 2 saturated carbocycles. The standard InChI is InChI=1S/C23H37N5O5S2/c1-17-7-9-19(10-8-17)28(18-5-3-2-4-6-18)23(30)26-22-24-16-21(34-22)35(31,32)25-15-20(29)27-11-13-33-14-12-27/h16-19,25H,2-15H2,1H3,(H,24,26,30)/t17-,19-. The SMILES string of the molecule is C[C@H]1CC[C@H](N(C(=O)Nc2ncc(S(=O)(=O)NCC(=O)N3CCOCC3)s2)C2CCCCC2)CC1. The molecule has 2 heterocycles. The maximum absolute atomic E-state index is 13.4. The number of rotatable bonds is 7. The van der Waals surface area contributed by atoms with E-state index in [2.05, 4.69) is 21.9 Å². The number of morpholine rings is 1. The van der Waals surface area contributed by atoms with Gasteiger partial charge in [0.05, 0.1) is 26.0 Å². The highest BCUT2D eigenvalue weighted by Gasteiger charge is 2.34. The third-order valence-electron chi connectivity index (χ3n) is 7.32. The molecular weight excluding hydrogens is 490 g/mol. The van der Waals surface area contributed by atoms with Crippen LogP contribution in [-0.2, 0) is 19.6 Å². The number of carbonyl (C=O) groups excluding carboxylic acids is 2. The third-order valence-corrected chi connectivity index (χ3v) is 10.1. The van der Waals surface area contributed by atoms with Crippen LogP contribution in [-0.4, -0.2) is 80.1 Å². The number of sulfonamides is 1. The van der Waals surface area contributed by atoms with Gasteiger partial charge in [-0.1, -0.05) is 37.5 Å². The van der Waals surface area contributed by atoms with Gasteiger partial charge in [0.2, 0.25) is 5.91 Å².